The van der Waals surface area contributed by atoms with Crippen molar-refractivity contribution >= 4 is 23.2 Å². The second kappa shape index (κ2) is 9.62. The third-order valence-electron chi connectivity index (χ3n) is 4.11. The van der Waals surface area contributed by atoms with E-state index in [0.29, 0.717) is 18.8 Å². The molecule has 0 radical (unpaired) electrons. The molecule has 0 fully saturated rings. The summed E-state index contributed by atoms with van der Waals surface area (Å²) in [6, 6.07) is 15.2. The first-order chi connectivity index (χ1) is 12.9. The number of amides is 2. The van der Waals surface area contributed by atoms with E-state index in [1.807, 2.05) is 74.4 Å². The molecule has 0 aliphatic rings. The Labute approximate surface area is 160 Å². The fraction of sp³-hybridized carbons (Fsp3) is 0.333. The smallest absolute Gasteiger partial charge is 0.258 e. The van der Waals surface area contributed by atoms with E-state index in [4.69, 9.17) is 4.74 Å². The molecule has 144 valence electrons. The summed E-state index contributed by atoms with van der Waals surface area (Å²) in [5, 5.41) is 2.78. The average molecular weight is 369 g/mol. The van der Waals surface area contributed by atoms with E-state index in [2.05, 4.69) is 5.32 Å². The fourth-order valence-corrected chi connectivity index (χ4v) is 2.54. The molecule has 2 aromatic carbocycles. The molecule has 2 rings (SSSR count). The Balaban J connectivity index is 1.82. The molecule has 0 saturated carbocycles. The van der Waals surface area contributed by atoms with Gasteiger partial charge < -0.3 is 19.9 Å². The minimum atomic E-state index is -0.220. The van der Waals surface area contributed by atoms with Gasteiger partial charge in [0.1, 0.15) is 5.75 Å². The summed E-state index contributed by atoms with van der Waals surface area (Å²) in [5.74, 6) is 0.363. The molecular formula is C21H27N3O3. The molecule has 6 heteroatoms. The predicted octanol–water partition coefficient (Wildman–Crippen LogP) is 2.61. The van der Waals surface area contributed by atoms with Crippen LogP contribution in [0.4, 0.5) is 11.4 Å². The number of hydrogen-bond acceptors (Lipinski definition) is 4. The Morgan fingerprint density at radius 3 is 2.11 bits per heavy atom. The summed E-state index contributed by atoms with van der Waals surface area (Å²) in [6.45, 7) is 4.20. The Kier molecular flexibility index (Phi) is 7.23. The maximum atomic E-state index is 12.0. The van der Waals surface area contributed by atoms with Gasteiger partial charge in [0.05, 0.1) is 0 Å². The van der Waals surface area contributed by atoms with Gasteiger partial charge in [-0.1, -0.05) is 17.7 Å². The van der Waals surface area contributed by atoms with Crippen molar-refractivity contribution in [3.8, 4) is 5.75 Å². The minimum absolute atomic E-state index is 0.0549. The van der Waals surface area contributed by atoms with Crippen LogP contribution >= 0.6 is 0 Å². The molecule has 0 aromatic heterocycles. The van der Waals surface area contributed by atoms with Crippen molar-refractivity contribution in [3.05, 3.63) is 54.1 Å². The third kappa shape index (κ3) is 6.33. The Morgan fingerprint density at radius 2 is 1.56 bits per heavy atom. The molecule has 0 atom stereocenters. The molecule has 0 aliphatic carbocycles. The molecule has 0 spiro atoms. The van der Waals surface area contributed by atoms with Gasteiger partial charge in [-0.25, -0.2) is 0 Å². The zero-order chi connectivity index (χ0) is 19.8. The van der Waals surface area contributed by atoms with Crippen molar-refractivity contribution in [1.82, 2.24) is 5.32 Å². The van der Waals surface area contributed by atoms with Crippen molar-refractivity contribution in [3.63, 3.8) is 0 Å². The van der Waals surface area contributed by atoms with E-state index >= 15 is 0 Å². The summed E-state index contributed by atoms with van der Waals surface area (Å²) < 4.78 is 5.45. The van der Waals surface area contributed by atoms with E-state index in [1.54, 1.807) is 4.90 Å². The van der Waals surface area contributed by atoms with Crippen LogP contribution < -0.4 is 19.9 Å². The number of anilines is 2. The lowest BCUT2D eigenvalue weighted by Gasteiger charge is -2.22. The van der Waals surface area contributed by atoms with Crippen molar-refractivity contribution in [2.45, 2.75) is 13.8 Å². The molecule has 2 amide bonds. The number of ether oxygens (including phenoxy) is 1. The van der Waals surface area contributed by atoms with Crippen LogP contribution in [-0.2, 0) is 9.59 Å². The van der Waals surface area contributed by atoms with E-state index in [0.717, 1.165) is 16.9 Å². The lowest BCUT2D eigenvalue weighted by atomic mass is 10.2. The number of carbonyl (C=O) groups excluding carboxylic acids is 2. The van der Waals surface area contributed by atoms with Crippen LogP contribution in [0.2, 0.25) is 0 Å². The summed E-state index contributed by atoms with van der Waals surface area (Å²) in [4.78, 5) is 27.5. The number of nitrogens with one attached hydrogen (secondary N) is 1. The number of hydrogen-bond donors (Lipinski definition) is 1. The quantitative estimate of drug-likeness (QED) is 0.777. The Morgan fingerprint density at radius 1 is 0.963 bits per heavy atom. The van der Waals surface area contributed by atoms with Gasteiger partial charge in [-0.05, 0) is 43.3 Å². The molecule has 0 aliphatic heterocycles. The second-order valence-electron chi connectivity index (χ2n) is 6.53. The van der Waals surface area contributed by atoms with E-state index in [1.165, 1.54) is 6.92 Å². The highest BCUT2D eigenvalue weighted by atomic mass is 16.5. The van der Waals surface area contributed by atoms with E-state index in [-0.39, 0.29) is 18.4 Å². The van der Waals surface area contributed by atoms with Crippen LogP contribution in [0.1, 0.15) is 12.5 Å². The van der Waals surface area contributed by atoms with Gasteiger partial charge in [-0.15, -0.1) is 0 Å². The maximum Gasteiger partial charge on any atom is 0.258 e. The lowest BCUT2D eigenvalue weighted by molar-refractivity contribution is -0.123. The number of nitrogens with zero attached hydrogens (tertiary/aromatic N) is 2. The highest BCUT2D eigenvalue weighted by Gasteiger charge is 2.12. The Bertz CT molecular complexity index is 755. The number of benzene rings is 2. The number of aryl methyl sites for hydroxylation is 1. The summed E-state index contributed by atoms with van der Waals surface area (Å²) in [6.07, 6.45) is 0. The van der Waals surface area contributed by atoms with Gasteiger partial charge >= 0.3 is 0 Å². The first kappa shape index (κ1) is 20.3. The van der Waals surface area contributed by atoms with Crippen LogP contribution in [0.25, 0.3) is 0 Å². The molecule has 1 N–H and O–H groups in total. The molecule has 0 unspecified atom stereocenters. The molecule has 27 heavy (non-hydrogen) atoms. The molecule has 6 nitrogen and oxygen atoms in total. The van der Waals surface area contributed by atoms with Gasteiger partial charge in [0, 0.05) is 45.5 Å². The summed E-state index contributed by atoms with van der Waals surface area (Å²) in [7, 11) is 3.93. The van der Waals surface area contributed by atoms with Crippen molar-refractivity contribution in [2.75, 3.05) is 43.6 Å². The van der Waals surface area contributed by atoms with Crippen LogP contribution in [-0.4, -0.2) is 45.6 Å². The third-order valence-corrected chi connectivity index (χ3v) is 4.11. The van der Waals surface area contributed by atoms with Crippen molar-refractivity contribution < 1.29 is 14.3 Å². The SMILES string of the molecule is CC(=O)N(CCNC(=O)COc1ccc(C)cc1)c1ccc(N(C)C)cc1. The fourth-order valence-electron chi connectivity index (χ4n) is 2.54. The maximum absolute atomic E-state index is 12.0. The predicted molar refractivity (Wildman–Crippen MR) is 108 cm³/mol. The zero-order valence-electron chi connectivity index (χ0n) is 16.4. The van der Waals surface area contributed by atoms with Gasteiger partial charge in [0.2, 0.25) is 5.91 Å². The van der Waals surface area contributed by atoms with E-state index < -0.39 is 0 Å². The van der Waals surface area contributed by atoms with Crippen LogP contribution in [0, 0.1) is 6.92 Å². The van der Waals surface area contributed by atoms with Gasteiger partial charge in [-0.3, -0.25) is 9.59 Å². The van der Waals surface area contributed by atoms with Crippen LogP contribution in [0.3, 0.4) is 0 Å². The largest absolute Gasteiger partial charge is 0.484 e. The van der Waals surface area contributed by atoms with Gasteiger partial charge in [0.15, 0.2) is 6.61 Å². The lowest BCUT2D eigenvalue weighted by Crippen LogP contribution is -2.39. The van der Waals surface area contributed by atoms with Crippen LogP contribution in [0.15, 0.2) is 48.5 Å². The highest BCUT2D eigenvalue weighted by molar-refractivity contribution is 5.91. The first-order valence-corrected chi connectivity index (χ1v) is 8.88. The molecule has 0 saturated heterocycles. The average Bonchev–Trinajstić information content (AvgIpc) is 2.64. The number of rotatable bonds is 8. The van der Waals surface area contributed by atoms with E-state index in [9.17, 15) is 9.59 Å². The summed E-state index contributed by atoms with van der Waals surface area (Å²) in [5.41, 5.74) is 3.00. The highest BCUT2D eigenvalue weighted by Crippen LogP contribution is 2.19. The zero-order valence-corrected chi connectivity index (χ0v) is 16.4. The first-order valence-electron chi connectivity index (χ1n) is 8.88. The molecule has 0 bridgehead atoms. The van der Waals surface area contributed by atoms with Crippen molar-refractivity contribution in [1.29, 1.82) is 0 Å². The Hall–Kier alpha value is -3.02. The standard InChI is InChI=1S/C21H27N3O3/c1-16-5-11-20(12-6-16)27-15-21(26)22-13-14-24(17(2)25)19-9-7-18(8-10-19)23(3)4/h5-12H,13-15H2,1-4H3,(H,22,26). The van der Waals surface area contributed by atoms with Crippen LogP contribution in [0.5, 0.6) is 5.75 Å². The molecular weight excluding hydrogens is 342 g/mol. The molecule has 0 heterocycles. The number of carbonyl (C=O) groups is 2. The minimum Gasteiger partial charge on any atom is -0.484 e. The normalized spacial score (nSPS) is 10.2. The molecule has 2 aromatic rings. The summed E-state index contributed by atoms with van der Waals surface area (Å²) >= 11 is 0. The topological polar surface area (TPSA) is 61.9 Å². The second-order valence-corrected chi connectivity index (χ2v) is 6.53. The van der Waals surface area contributed by atoms with Gasteiger partial charge in [-0.2, -0.15) is 0 Å². The monoisotopic (exact) mass is 369 g/mol. The van der Waals surface area contributed by atoms with Crippen molar-refractivity contribution in [2.24, 2.45) is 0 Å². The van der Waals surface area contributed by atoms with Gasteiger partial charge in [0.25, 0.3) is 5.91 Å².